The molecule has 1 aliphatic heterocycles. The fourth-order valence-electron chi connectivity index (χ4n) is 3.22. The van der Waals surface area contributed by atoms with Crippen LogP contribution < -0.4 is 5.32 Å². The highest BCUT2D eigenvalue weighted by molar-refractivity contribution is 14.0. The molecule has 2 aromatic rings. The van der Waals surface area contributed by atoms with Crippen molar-refractivity contribution in [1.29, 1.82) is 0 Å². The van der Waals surface area contributed by atoms with E-state index in [4.69, 9.17) is 4.99 Å². The van der Waals surface area contributed by atoms with E-state index in [0.29, 0.717) is 5.92 Å². The summed E-state index contributed by atoms with van der Waals surface area (Å²) in [6.45, 7) is 8.74. The van der Waals surface area contributed by atoms with Gasteiger partial charge in [-0.3, -0.25) is 9.67 Å². The Hall–Kier alpha value is -1.57. The number of aromatic nitrogens is 2. The number of aliphatic imine (C=N–C) groups is 1. The molecule has 1 aromatic heterocycles. The molecule has 136 valence electrons. The van der Waals surface area contributed by atoms with Gasteiger partial charge in [0, 0.05) is 31.7 Å². The maximum atomic E-state index is 4.80. The van der Waals surface area contributed by atoms with Gasteiger partial charge in [0.1, 0.15) is 0 Å². The second-order valence-electron chi connectivity index (χ2n) is 6.36. The van der Waals surface area contributed by atoms with E-state index in [0.717, 1.165) is 38.7 Å². The predicted molar refractivity (Wildman–Crippen MR) is 114 cm³/mol. The van der Waals surface area contributed by atoms with E-state index >= 15 is 0 Å². The van der Waals surface area contributed by atoms with Crippen LogP contribution in [0.5, 0.6) is 0 Å². The Morgan fingerprint density at radius 3 is 2.80 bits per heavy atom. The molecule has 25 heavy (non-hydrogen) atoms. The molecule has 0 amide bonds. The van der Waals surface area contributed by atoms with Crippen LogP contribution in [-0.2, 0) is 6.54 Å². The average molecular weight is 453 g/mol. The molecule has 0 bridgehead atoms. The van der Waals surface area contributed by atoms with Crippen LogP contribution in [0.3, 0.4) is 0 Å². The molecule has 5 nitrogen and oxygen atoms in total. The van der Waals surface area contributed by atoms with Crippen LogP contribution in [-0.4, -0.2) is 46.8 Å². The molecule has 0 aliphatic carbocycles. The Bertz CT molecular complexity index is 667. The lowest BCUT2D eigenvalue weighted by Gasteiger charge is -2.21. The number of hydrogen-bond donors (Lipinski definition) is 1. The molecule has 1 fully saturated rings. The number of benzene rings is 1. The van der Waals surface area contributed by atoms with E-state index in [1.807, 2.05) is 10.9 Å². The van der Waals surface area contributed by atoms with Gasteiger partial charge in [-0.15, -0.1) is 24.0 Å². The predicted octanol–water partition coefficient (Wildman–Crippen LogP) is 3.26. The molecule has 1 atom stereocenters. The molecule has 1 saturated heterocycles. The molecule has 0 radical (unpaired) electrons. The zero-order valence-electron chi connectivity index (χ0n) is 15.1. The monoisotopic (exact) mass is 453 g/mol. The van der Waals surface area contributed by atoms with Crippen LogP contribution in [0.15, 0.2) is 47.7 Å². The van der Waals surface area contributed by atoms with Crippen molar-refractivity contribution < 1.29 is 0 Å². The standard InChI is InChI=1S/C19H27N5.HI/c1-3-20-19(21-10-12-24-14-16(2)13-22-24)23-11-9-18(15-23)17-7-5-4-6-8-17;/h4-8,13-14,18H,3,9-12,15H2,1-2H3,(H,20,21);1H. The minimum atomic E-state index is 0. The molecular formula is C19H28IN5. The molecule has 0 spiro atoms. The van der Waals surface area contributed by atoms with Gasteiger partial charge in [-0.05, 0) is 31.4 Å². The summed E-state index contributed by atoms with van der Waals surface area (Å²) in [5.41, 5.74) is 2.62. The summed E-state index contributed by atoms with van der Waals surface area (Å²) in [5, 5.41) is 7.76. The van der Waals surface area contributed by atoms with Crippen molar-refractivity contribution in [2.45, 2.75) is 32.7 Å². The van der Waals surface area contributed by atoms with Gasteiger partial charge >= 0.3 is 0 Å². The topological polar surface area (TPSA) is 45.5 Å². The van der Waals surface area contributed by atoms with Gasteiger partial charge in [-0.2, -0.15) is 5.10 Å². The Kier molecular flexibility index (Phi) is 7.74. The first-order chi connectivity index (χ1) is 11.8. The van der Waals surface area contributed by atoms with Crippen molar-refractivity contribution in [2.75, 3.05) is 26.2 Å². The van der Waals surface area contributed by atoms with E-state index in [-0.39, 0.29) is 24.0 Å². The maximum Gasteiger partial charge on any atom is 0.193 e. The third-order valence-corrected chi connectivity index (χ3v) is 4.45. The van der Waals surface area contributed by atoms with Crippen molar-refractivity contribution in [3.8, 4) is 0 Å². The van der Waals surface area contributed by atoms with Crippen molar-refractivity contribution >= 4 is 29.9 Å². The summed E-state index contributed by atoms with van der Waals surface area (Å²) in [6.07, 6.45) is 5.14. The lowest BCUT2D eigenvalue weighted by molar-refractivity contribution is 0.483. The summed E-state index contributed by atoms with van der Waals surface area (Å²) < 4.78 is 1.96. The van der Waals surface area contributed by atoms with E-state index in [9.17, 15) is 0 Å². The zero-order chi connectivity index (χ0) is 16.8. The van der Waals surface area contributed by atoms with Gasteiger partial charge in [0.05, 0.1) is 19.3 Å². The first-order valence-electron chi connectivity index (χ1n) is 8.83. The molecule has 1 N–H and O–H groups in total. The highest BCUT2D eigenvalue weighted by Crippen LogP contribution is 2.26. The van der Waals surface area contributed by atoms with Crippen LogP contribution in [0.4, 0.5) is 0 Å². The van der Waals surface area contributed by atoms with E-state index in [1.54, 1.807) is 0 Å². The smallest absolute Gasteiger partial charge is 0.193 e. The molecule has 1 aliphatic rings. The number of likely N-dealkylation sites (tertiary alicyclic amines) is 1. The summed E-state index contributed by atoms with van der Waals surface area (Å²) in [6, 6.07) is 10.8. The van der Waals surface area contributed by atoms with Crippen LogP contribution in [0.25, 0.3) is 0 Å². The van der Waals surface area contributed by atoms with Crippen LogP contribution in [0.1, 0.15) is 30.4 Å². The van der Waals surface area contributed by atoms with E-state index in [1.165, 1.54) is 17.5 Å². The Balaban J connectivity index is 0.00000225. The normalized spacial score (nSPS) is 17.4. The summed E-state index contributed by atoms with van der Waals surface area (Å²) in [5.74, 6) is 1.63. The number of guanidine groups is 1. The first-order valence-corrected chi connectivity index (χ1v) is 8.83. The van der Waals surface area contributed by atoms with Crippen molar-refractivity contribution in [3.05, 3.63) is 53.9 Å². The van der Waals surface area contributed by atoms with Crippen molar-refractivity contribution in [2.24, 2.45) is 4.99 Å². The van der Waals surface area contributed by atoms with E-state index in [2.05, 4.69) is 65.7 Å². The summed E-state index contributed by atoms with van der Waals surface area (Å²) in [7, 11) is 0. The van der Waals surface area contributed by atoms with Gasteiger partial charge < -0.3 is 10.2 Å². The minimum Gasteiger partial charge on any atom is -0.357 e. The van der Waals surface area contributed by atoms with Crippen LogP contribution >= 0.6 is 24.0 Å². The minimum absolute atomic E-state index is 0. The molecule has 1 unspecified atom stereocenters. The molecular weight excluding hydrogens is 425 g/mol. The third-order valence-electron chi connectivity index (χ3n) is 4.45. The van der Waals surface area contributed by atoms with Gasteiger partial charge in [-0.25, -0.2) is 0 Å². The van der Waals surface area contributed by atoms with Gasteiger partial charge in [0.25, 0.3) is 0 Å². The van der Waals surface area contributed by atoms with Gasteiger partial charge in [-0.1, -0.05) is 30.3 Å². The molecule has 6 heteroatoms. The Morgan fingerprint density at radius 2 is 2.12 bits per heavy atom. The molecule has 1 aromatic carbocycles. The molecule has 3 rings (SSSR count). The lowest BCUT2D eigenvalue weighted by atomic mass is 9.99. The average Bonchev–Trinajstić information content (AvgIpc) is 3.24. The largest absolute Gasteiger partial charge is 0.357 e. The second kappa shape index (κ2) is 9.79. The molecule has 2 heterocycles. The molecule has 0 saturated carbocycles. The first kappa shape index (κ1) is 19.8. The quantitative estimate of drug-likeness (QED) is 0.430. The number of rotatable bonds is 5. The van der Waals surface area contributed by atoms with Crippen LogP contribution in [0, 0.1) is 6.92 Å². The van der Waals surface area contributed by atoms with Crippen molar-refractivity contribution in [3.63, 3.8) is 0 Å². The SMILES string of the molecule is CCNC(=NCCn1cc(C)cn1)N1CCC(c2ccccc2)C1.I. The number of hydrogen-bond acceptors (Lipinski definition) is 2. The fourth-order valence-corrected chi connectivity index (χ4v) is 3.22. The third kappa shape index (κ3) is 5.45. The van der Waals surface area contributed by atoms with Crippen molar-refractivity contribution in [1.82, 2.24) is 20.0 Å². The van der Waals surface area contributed by atoms with Crippen LogP contribution in [0.2, 0.25) is 0 Å². The zero-order valence-corrected chi connectivity index (χ0v) is 17.4. The summed E-state index contributed by atoms with van der Waals surface area (Å²) in [4.78, 5) is 7.18. The highest BCUT2D eigenvalue weighted by Gasteiger charge is 2.25. The van der Waals surface area contributed by atoms with Gasteiger partial charge in [0.15, 0.2) is 5.96 Å². The number of aryl methyl sites for hydroxylation is 1. The fraction of sp³-hybridized carbons (Fsp3) is 0.474. The van der Waals surface area contributed by atoms with Gasteiger partial charge in [0.2, 0.25) is 0 Å². The lowest BCUT2D eigenvalue weighted by Crippen LogP contribution is -2.40. The Morgan fingerprint density at radius 1 is 1.32 bits per heavy atom. The second-order valence-corrected chi connectivity index (χ2v) is 6.36. The number of halogens is 1. The van der Waals surface area contributed by atoms with E-state index < -0.39 is 0 Å². The number of nitrogens with one attached hydrogen (secondary N) is 1. The highest BCUT2D eigenvalue weighted by atomic mass is 127. The Labute approximate surface area is 167 Å². The number of nitrogens with zero attached hydrogens (tertiary/aromatic N) is 4. The summed E-state index contributed by atoms with van der Waals surface area (Å²) >= 11 is 0. The maximum absolute atomic E-state index is 4.80.